The normalized spacial score (nSPS) is 41.3. The van der Waals surface area contributed by atoms with Gasteiger partial charge in [0.05, 0.1) is 0 Å². The Morgan fingerprint density at radius 2 is 1.75 bits per heavy atom. The highest BCUT2D eigenvalue weighted by Crippen LogP contribution is 2.45. The van der Waals surface area contributed by atoms with E-state index in [9.17, 15) is 4.79 Å². The van der Waals surface area contributed by atoms with E-state index >= 15 is 0 Å². The average Bonchev–Trinajstić information content (AvgIpc) is 2.53. The number of nitrogens with one attached hydrogen (secondary N) is 1. The van der Waals surface area contributed by atoms with Crippen molar-refractivity contribution in [3.63, 3.8) is 0 Å². The molecule has 0 saturated heterocycles. The smallest absolute Gasteiger partial charge is 0.223 e. The predicted molar refractivity (Wildman–Crippen MR) is 96.5 cm³/mol. The van der Waals surface area contributed by atoms with E-state index in [1.165, 1.54) is 24.8 Å². The molecule has 3 fully saturated rings. The number of fused-ring (bicyclic) bond motifs is 2. The number of carbonyl (C=O) groups is 1. The van der Waals surface area contributed by atoms with Crippen molar-refractivity contribution in [2.45, 2.75) is 69.4 Å². The fraction of sp³-hybridized carbons (Fsp3) is 0.667. The van der Waals surface area contributed by atoms with E-state index in [0.29, 0.717) is 29.8 Å². The van der Waals surface area contributed by atoms with E-state index in [4.69, 9.17) is 5.73 Å². The third-order valence-electron chi connectivity index (χ3n) is 6.99. The van der Waals surface area contributed by atoms with Gasteiger partial charge in [0.25, 0.3) is 0 Å². The van der Waals surface area contributed by atoms with E-state index < -0.39 is 0 Å². The molecule has 2 bridgehead atoms. The molecule has 3 aliphatic carbocycles. The van der Waals surface area contributed by atoms with Crippen molar-refractivity contribution in [2.24, 2.45) is 23.5 Å². The van der Waals surface area contributed by atoms with Crippen LogP contribution in [-0.4, -0.2) is 18.0 Å². The SMILES string of the molecule is CC1(c2ccccc2)CC(NC(=O)C2CC3CCCC(C2)C3N)C1. The summed E-state index contributed by atoms with van der Waals surface area (Å²) in [6.45, 7) is 2.31. The molecule has 3 aliphatic rings. The first-order chi connectivity index (χ1) is 11.5. The molecule has 1 aromatic carbocycles. The highest BCUT2D eigenvalue weighted by Gasteiger charge is 2.44. The molecule has 0 heterocycles. The lowest BCUT2D eigenvalue weighted by Gasteiger charge is -2.47. The maximum absolute atomic E-state index is 12.7. The van der Waals surface area contributed by atoms with Gasteiger partial charge in [0.2, 0.25) is 5.91 Å². The van der Waals surface area contributed by atoms with Crippen LogP contribution in [0, 0.1) is 17.8 Å². The van der Waals surface area contributed by atoms with Gasteiger partial charge < -0.3 is 11.1 Å². The monoisotopic (exact) mass is 326 g/mol. The first-order valence-electron chi connectivity index (χ1n) is 9.67. The van der Waals surface area contributed by atoms with Gasteiger partial charge in [-0.05, 0) is 61.3 Å². The number of benzene rings is 1. The fourth-order valence-corrected chi connectivity index (χ4v) is 5.53. The third-order valence-corrected chi connectivity index (χ3v) is 6.99. The number of nitrogens with two attached hydrogens (primary N) is 1. The number of amides is 1. The van der Waals surface area contributed by atoms with Gasteiger partial charge >= 0.3 is 0 Å². The van der Waals surface area contributed by atoms with Crippen LogP contribution in [0.4, 0.5) is 0 Å². The van der Waals surface area contributed by atoms with Crippen LogP contribution in [0.2, 0.25) is 0 Å². The van der Waals surface area contributed by atoms with Crippen molar-refractivity contribution in [1.29, 1.82) is 0 Å². The van der Waals surface area contributed by atoms with Crippen LogP contribution < -0.4 is 11.1 Å². The van der Waals surface area contributed by atoms with Gasteiger partial charge in [0, 0.05) is 18.0 Å². The Labute approximate surface area is 145 Å². The zero-order valence-electron chi connectivity index (χ0n) is 14.7. The van der Waals surface area contributed by atoms with Gasteiger partial charge in [-0.2, -0.15) is 0 Å². The number of hydrogen-bond donors (Lipinski definition) is 2. The molecule has 3 saturated carbocycles. The zero-order chi connectivity index (χ0) is 16.7. The lowest BCUT2D eigenvalue weighted by molar-refractivity contribution is -0.129. The average molecular weight is 326 g/mol. The minimum atomic E-state index is 0.198. The minimum Gasteiger partial charge on any atom is -0.353 e. The Kier molecular flexibility index (Phi) is 4.16. The first kappa shape index (κ1) is 16.1. The van der Waals surface area contributed by atoms with Crippen LogP contribution in [0.1, 0.15) is 57.4 Å². The van der Waals surface area contributed by atoms with Gasteiger partial charge in [0.15, 0.2) is 0 Å². The van der Waals surface area contributed by atoms with Crippen molar-refractivity contribution in [1.82, 2.24) is 5.32 Å². The van der Waals surface area contributed by atoms with Gasteiger partial charge in [-0.25, -0.2) is 0 Å². The summed E-state index contributed by atoms with van der Waals surface area (Å²) < 4.78 is 0. The Hall–Kier alpha value is -1.35. The third kappa shape index (κ3) is 2.88. The van der Waals surface area contributed by atoms with Crippen molar-refractivity contribution in [2.75, 3.05) is 0 Å². The van der Waals surface area contributed by atoms with Gasteiger partial charge in [-0.3, -0.25) is 4.79 Å². The van der Waals surface area contributed by atoms with Crippen molar-refractivity contribution < 1.29 is 4.79 Å². The molecule has 3 N–H and O–H groups in total. The largest absolute Gasteiger partial charge is 0.353 e. The van der Waals surface area contributed by atoms with E-state index in [2.05, 4.69) is 42.6 Å². The van der Waals surface area contributed by atoms with Crippen LogP contribution in [0.25, 0.3) is 0 Å². The maximum atomic E-state index is 12.7. The standard InChI is InChI=1S/C21H30N2O/c1-21(17-8-3-2-4-9-17)12-18(13-21)23-20(24)16-10-14-6-5-7-15(11-16)19(14)22/h2-4,8-9,14-16,18-19H,5-7,10-13,22H2,1H3,(H,23,24). The summed E-state index contributed by atoms with van der Waals surface area (Å²) in [5, 5.41) is 3.34. The quantitative estimate of drug-likeness (QED) is 0.895. The van der Waals surface area contributed by atoms with Crippen LogP contribution in [0.15, 0.2) is 30.3 Å². The zero-order valence-corrected chi connectivity index (χ0v) is 14.7. The van der Waals surface area contributed by atoms with Crippen molar-refractivity contribution >= 4 is 5.91 Å². The second-order valence-electron chi connectivity index (χ2n) is 8.74. The molecule has 0 aromatic heterocycles. The second kappa shape index (κ2) is 6.18. The Balaban J connectivity index is 1.32. The molecule has 130 valence electrons. The van der Waals surface area contributed by atoms with Crippen LogP contribution in [-0.2, 0) is 10.2 Å². The molecule has 2 atom stereocenters. The number of hydrogen-bond acceptors (Lipinski definition) is 2. The van der Waals surface area contributed by atoms with Gasteiger partial charge in [-0.1, -0.05) is 43.7 Å². The molecule has 24 heavy (non-hydrogen) atoms. The molecular formula is C21H30N2O. The Bertz CT molecular complexity index is 579. The minimum absolute atomic E-state index is 0.198. The molecule has 4 rings (SSSR count). The predicted octanol–water partition coefficient (Wildman–Crippen LogP) is 3.38. The lowest BCUT2D eigenvalue weighted by Crippen LogP contribution is -2.55. The molecule has 3 heteroatoms. The summed E-state index contributed by atoms with van der Waals surface area (Å²) in [6, 6.07) is 11.4. The van der Waals surface area contributed by atoms with Crippen LogP contribution >= 0.6 is 0 Å². The maximum Gasteiger partial charge on any atom is 0.223 e. The molecular weight excluding hydrogens is 296 g/mol. The Morgan fingerprint density at radius 1 is 1.12 bits per heavy atom. The molecule has 1 amide bonds. The highest BCUT2D eigenvalue weighted by atomic mass is 16.2. The number of carbonyl (C=O) groups excluding carboxylic acids is 1. The molecule has 0 radical (unpaired) electrons. The summed E-state index contributed by atoms with van der Waals surface area (Å²) in [5.74, 6) is 1.64. The molecule has 0 aliphatic heterocycles. The van der Waals surface area contributed by atoms with E-state index in [-0.39, 0.29) is 11.3 Å². The topological polar surface area (TPSA) is 55.1 Å². The summed E-state index contributed by atoms with van der Waals surface area (Å²) in [7, 11) is 0. The fourth-order valence-electron chi connectivity index (χ4n) is 5.53. The van der Waals surface area contributed by atoms with E-state index in [0.717, 1.165) is 25.7 Å². The molecule has 3 nitrogen and oxygen atoms in total. The summed E-state index contributed by atoms with van der Waals surface area (Å²) in [4.78, 5) is 12.7. The lowest BCUT2D eigenvalue weighted by atomic mass is 9.62. The summed E-state index contributed by atoms with van der Waals surface area (Å²) >= 11 is 0. The van der Waals surface area contributed by atoms with Crippen molar-refractivity contribution in [3.05, 3.63) is 35.9 Å². The molecule has 1 aromatic rings. The second-order valence-corrected chi connectivity index (χ2v) is 8.74. The number of rotatable bonds is 3. The van der Waals surface area contributed by atoms with E-state index in [1.807, 2.05) is 0 Å². The van der Waals surface area contributed by atoms with E-state index in [1.54, 1.807) is 0 Å². The molecule has 0 spiro atoms. The summed E-state index contributed by atoms with van der Waals surface area (Å²) in [5.41, 5.74) is 7.98. The Morgan fingerprint density at radius 3 is 2.38 bits per heavy atom. The van der Waals surface area contributed by atoms with Gasteiger partial charge in [0.1, 0.15) is 0 Å². The van der Waals surface area contributed by atoms with Crippen molar-refractivity contribution in [3.8, 4) is 0 Å². The highest BCUT2D eigenvalue weighted by molar-refractivity contribution is 5.79. The summed E-state index contributed by atoms with van der Waals surface area (Å²) in [6.07, 6.45) is 7.87. The van der Waals surface area contributed by atoms with Crippen LogP contribution in [0.5, 0.6) is 0 Å². The first-order valence-corrected chi connectivity index (χ1v) is 9.67. The molecule has 2 unspecified atom stereocenters. The van der Waals surface area contributed by atoms with Gasteiger partial charge in [-0.15, -0.1) is 0 Å². The van der Waals surface area contributed by atoms with Crippen LogP contribution in [0.3, 0.4) is 0 Å².